The van der Waals surface area contributed by atoms with E-state index in [1.165, 1.54) is 6.33 Å². The molecule has 0 fully saturated rings. The van der Waals surface area contributed by atoms with Gasteiger partial charge < -0.3 is 5.32 Å². The van der Waals surface area contributed by atoms with Gasteiger partial charge in [0, 0.05) is 6.04 Å². The van der Waals surface area contributed by atoms with Crippen LogP contribution in [0.2, 0.25) is 0 Å². The molecule has 0 saturated heterocycles. The third kappa shape index (κ3) is 3.40. The van der Waals surface area contributed by atoms with E-state index in [4.69, 9.17) is 5.84 Å². The van der Waals surface area contributed by atoms with E-state index in [0.717, 1.165) is 0 Å². The van der Waals surface area contributed by atoms with Crippen LogP contribution in [-0.4, -0.2) is 27.2 Å². The molecule has 1 rings (SSSR count). The number of guanidine groups is 1. The summed E-state index contributed by atoms with van der Waals surface area (Å²) >= 11 is 0. The first kappa shape index (κ1) is 10.5. The minimum absolute atomic E-state index is 0.277. The van der Waals surface area contributed by atoms with Gasteiger partial charge in [-0.2, -0.15) is 5.10 Å². The van der Waals surface area contributed by atoms with Crippen molar-refractivity contribution in [2.45, 2.75) is 26.4 Å². The fraction of sp³-hybridized carbons (Fsp3) is 0.571. The second kappa shape index (κ2) is 5.18. The summed E-state index contributed by atoms with van der Waals surface area (Å²) in [6.07, 6.45) is 1.44. The molecule has 0 radical (unpaired) electrons. The first-order valence-corrected chi connectivity index (χ1v) is 4.34. The normalized spacial score (nSPS) is 11.9. The molecule has 14 heavy (non-hydrogen) atoms. The molecule has 1 heterocycles. The lowest BCUT2D eigenvalue weighted by Gasteiger charge is -2.11. The van der Waals surface area contributed by atoms with Gasteiger partial charge >= 0.3 is 0 Å². The summed E-state index contributed by atoms with van der Waals surface area (Å²) in [5.41, 5.74) is 2.47. The Bertz CT molecular complexity index is 276. The number of hydrazine groups is 1. The van der Waals surface area contributed by atoms with E-state index < -0.39 is 0 Å². The lowest BCUT2D eigenvalue weighted by molar-refractivity contribution is 0.700. The van der Waals surface area contributed by atoms with Gasteiger partial charge in [-0.25, -0.2) is 15.8 Å². The van der Waals surface area contributed by atoms with Crippen LogP contribution in [0.3, 0.4) is 0 Å². The topological polar surface area (TPSA) is 104 Å². The molecule has 0 spiro atoms. The molecule has 0 aromatic carbocycles. The van der Waals surface area contributed by atoms with Gasteiger partial charge in [0.1, 0.15) is 18.7 Å². The number of hydrogen-bond donors (Lipinski definition) is 4. The molecule has 5 N–H and O–H groups in total. The summed E-state index contributed by atoms with van der Waals surface area (Å²) < 4.78 is 0. The summed E-state index contributed by atoms with van der Waals surface area (Å²) in [6, 6.07) is 0.277. The van der Waals surface area contributed by atoms with E-state index in [2.05, 4.69) is 30.9 Å². The predicted molar refractivity (Wildman–Crippen MR) is 53.1 cm³/mol. The number of aromatic amines is 1. The van der Waals surface area contributed by atoms with Crippen molar-refractivity contribution < 1.29 is 0 Å². The minimum atomic E-state index is 0.277. The van der Waals surface area contributed by atoms with E-state index in [0.29, 0.717) is 18.3 Å². The standard InChI is InChI=1S/C7H15N7/c1-5(2)12-7(13-8)9-3-6-10-4-11-14-6/h4-5H,3,8H2,1-2H3,(H2,9,12,13)(H,10,11,14). The number of rotatable bonds is 3. The summed E-state index contributed by atoms with van der Waals surface area (Å²) in [4.78, 5) is 8.09. The van der Waals surface area contributed by atoms with Crippen molar-refractivity contribution in [1.82, 2.24) is 25.9 Å². The van der Waals surface area contributed by atoms with E-state index in [1.54, 1.807) is 0 Å². The summed E-state index contributed by atoms with van der Waals surface area (Å²) in [7, 11) is 0. The molecule has 0 aliphatic rings. The second-order valence-corrected chi connectivity index (χ2v) is 3.04. The summed E-state index contributed by atoms with van der Waals surface area (Å²) in [5, 5.41) is 9.46. The quantitative estimate of drug-likeness (QED) is 0.218. The van der Waals surface area contributed by atoms with Crippen LogP contribution in [0.4, 0.5) is 0 Å². The van der Waals surface area contributed by atoms with Crippen molar-refractivity contribution in [1.29, 1.82) is 0 Å². The molecular formula is C7H15N7. The molecular weight excluding hydrogens is 182 g/mol. The predicted octanol–water partition coefficient (Wildman–Crippen LogP) is -0.878. The highest BCUT2D eigenvalue weighted by Gasteiger charge is 1.99. The van der Waals surface area contributed by atoms with Crippen LogP contribution in [0.1, 0.15) is 19.7 Å². The maximum atomic E-state index is 5.27. The minimum Gasteiger partial charge on any atom is -0.353 e. The first-order valence-electron chi connectivity index (χ1n) is 4.34. The fourth-order valence-electron chi connectivity index (χ4n) is 0.867. The Morgan fingerprint density at radius 1 is 1.71 bits per heavy atom. The lowest BCUT2D eigenvalue weighted by atomic mass is 10.4. The van der Waals surface area contributed by atoms with Crippen LogP contribution < -0.4 is 16.6 Å². The molecule has 7 heteroatoms. The van der Waals surface area contributed by atoms with Gasteiger partial charge in [-0.1, -0.05) is 0 Å². The van der Waals surface area contributed by atoms with Gasteiger partial charge in [-0.05, 0) is 13.8 Å². The van der Waals surface area contributed by atoms with E-state index in [9.17, 15) is 0 Å². The average Bonchev–Trinajstić information content (AvgIpc) is 2.64. The third-order valence-electron chi connectivity index (χ3n) is 1.41. The number of nitrogens with two attached hydrogens (primary N) is 1. The van der Waals surface area contributed by atoms with Gasteiger partial charge in [0.15, 0.2) is 0 Å². The molecule has 0 bridgehead atoms. The number of nitrogens with zero attached hydrogens (tertiary/aromatic N) is 3. The Labute approximate surface area is 82.2 Å². The van der Waals surface area contributed by atoms with Crippen molar-refractivity contribution in [2.24, 2.45) is 10.8 Å². The molecule has 0 atom stereocenters. The highest BCUT2D eigenvalue weighted by molar-refractivity contribution is 5.79. The second-order valence-electron chi connectivity index (χ2n) is 3.04. The molecule has 0 aliphatic carbocycles. The SMILES string of the molecule is CC(C)NC(=NCc1ncn[nH]1)NN. The van der Waals surface area contributed by atoms with Crippen molar-refractivity contribution in [3.05, 3.63) is 12.2 Å². The van der Waals surface area contributed by atoms with Crippen molar-refractivity contribution in [3.8, 4) is 0 Å². The van der Waals surface area contributed by atoms with Crippen molar-refractivity contribution in [3.63, 3.8) is 0 Å². The molecule has 0 aliphatic heterocycles. The highest BCUT2D eigenvalue weighted by Crippen LogP contribution is 1.88. The van der Waals surface area contributed by atoms with E-state index in [1.807, 2.05) is 13.8 Å². The molecule has 78 valence electrons. The zero-order valence-electron chi connectivity index (χ0n) is 8.28. The zero-order chi connectivity index (χ0) is 10.4. The van der Waals surface area contributed by atoms with Crippen molar-refractivity contribution in [2.75, 3.05) is 0 Å². The third-order valence-corrected chi connectivity index (χ3v) is 1.41. The number of hydrogen-bond acceptors (Lipinski definition) is 4. The van der Waals surface area contributed by atoms with Crippen LogP contribution in [-0.2, 0) is 6.54 Å². The largest absolute Gasteiger partial charge is 0.353 e. The van der Waals surface area contributed by atoms with E-state index >= 15 is 0 Å². The maximum absolute atomic E-state index is 5.27. The molecule has 1 aromatic rings. The molecule has 0 amide bonds. The summed E-state index contributed by atoms with van der Waals surface area (Å²) in [5.74, 6) is 6.51. The van der Waals surface area contributed by atoms with Gasteiger partial charge in [0.25, 0.3) is 0 Å². The Hall–Kier alpha value is -1.63. The van der Waals surface area contributed by atoms with Crippen LogP contribution in [0.15, 0.2) is 11.3 Å². The van der Waals surface area contributed by atoms with Crippen LogP contribution in [0.25, 0.3) is 0 Å². The number of H-pyrrole nitrogens is 1. The molecule has 0 unspecified atom stereocenters. The summed E-state index contributed by atoms with van der Waals surface area (Å²) in [6.45, 7) is 4.42. The molecule has 1 aromatic heterocycles. The van der Waals surface area contributed by atoms with Crippen LogP contribution >= 0.6 is 0 Å². The molecule has 0 saturated carbocycles. The van der Waals surface area contributed by atoms with Gasteiger partial charge in [0.2, 0.25) is 5.96 Å². The zero-order valence-corrected chi connectivity index (χ0v) is 8.28. The van der Waals surface area contributed by atoms with Gasteiger partial charge in [-0.15, -0.1) is 0 Å². The highest BCUT2D eigenvalue weighted by atomic mass is 15.3. The van der Waals surface area contributed by atoms with E-state index in [-0.39, 0.29) is 6.04 Å². The smallest absolute Gasteiger partial charge is 0.206 e. The Kier molecular flexibility index (Phi) is 3.86. The van der Waals surface area contributed by atoms with Gasteiger partial charge in [-0.3, -0.25) is 10.5 Å². The average molecular weight is 197 g/mol. The lowest BCUT2D eigenvalue weighted by Crippen LogP contribution is -2.44. The van der Waals surface area contributed by atoms with Gasteiger partial charge in [0.05, 0.1) is 0 Å². The number of aliphatic imine (C=N–C) groups is 1. The number of nitrogens with one attached hydrogen (secondary N) is 3. The van der Waals surface area contributed by atoms with Crippen LogP contribution in [0, 0.1) is 0 Å². The number of aromatic nitrogens is 3. The Morgan fingerprint density at radius 2 is 2.50 bits per heavy atom. The Balaban J connectivity index is 2.48. The monoisotopic (exact) mass is 197 g/mol. The first-order chi connectivity index (χ1) is 6.72. The molecule has 7 nitrogen and oxygen atoms in total. The van der Waals surface area contributed by atoms with Crippen molar-refractivity contribution >= 4 is 5.96 Å². The fourth-order valence-corrected chi connectivity index (χ4v) is 0.867. The Morgan fingerprint density at radius 3 is 3.00 bits per heavy atom. The van der Waals surface area contributed by atoms with Crippen LogP contribution in [0.5, 0.6) is 0 Å². The maximum Gasteiger partial charge on any atom is 0.206 e.